The molecule has 10 heteroatoms. The van der Waals surface area contributed by atoms with Crippen molar-refractivity contribution in [2.75, 3.05) is 19.5 Å². The van der Waals surface area contributed by atoms with Gasteiger partial charge in [-0.15, -0.1) is 11.3 Å². The minimum atomic E-state index is -1.83. The Labute approximate surface area is 214 Å². The third kappa shape index (κ3) is 7.13. The van der Waals surface area contributed by atoms with E-state index in [1.54, 1.807) is 25.6 Å². The predicted molar refractivity (Wildman–Crippen MR) is 138 cm³/mol. The zero-order chi connectivity index (χ0) is 26.1. The van der Waals surface area contributed by atoms with E-state index >= 15 is 0 Å². The molecule has 0 spiro atoms. The number of ether oxygens (including phenoxy) is 2. The van der Waals surface area contributed by atoms with Crippen molar-refractivity contribution < 1.29 is 34.1 Å². The van der Waals surface area contributed by atoms with Crippen LogP contribution in [-0.2, 0) is 24.2 Å². The van der Waals surface area contributed by atoms with E-state index in [4.69, 9.17) is 24.5 Å². The van der Waals surface area contributed by atoms with Crippen LogP contribution in [0.2, 0.25) is 0 Å². The summed E-state index contributed by atoms with van der Waals surface area (Å²) in [4.78, 5) is 36.0. The lowest BCUT2D eigenvalue weighted by Gasteiger charge is -2.20. The van der Waals surface area contributed by atoms with Gasteiger partial charge in [0, 0.05) is 17.3 Å². The predicted octanol–water partition coefficient (Wildman–Crippen LogP) is 5.32. The summed E-state index contributed by atoms with van der Waals surface area (Å²) in [6.45, 7) is 0.375. The number of fused-ring (bicyclic) bond motifs is 1. The molecular weight excluding hydrogens is 484 g/mol. The Balaban J connectivity index is 0.000000840. The Morgan fingerprint density at radius 3 is 2.31 bits per heavy atom. The van der Waals surface area contributed by atoms with E-state index in [-0.39, 0.29) is 17.7 Å². The summed E-state index contributed by atoms with van der Waals surface area (Å²) in [7, 11) is 3.20. The molecule has 1 fully saturated rings. The average molecular weight is 519 g/mol. The number of carboxylic acid groups (broad SMARTS) is 2. The monoisotopic (exact) mass is 518 g/mol. The van der Waals surface area contributed by atoms with Gasteiger partial charge in [-0.25, -0.2) is 4.79 Å². The van der Waals surface area contributed by atoms with E-state index in [9.17, 15) is 9.59 Å². The van der Waals surface area contributed by atoms with Crippen LogP contribution >= 0.6 is 11.3 Å². The van der Waals surface area contributed by atoms with Gasteiger partial charge < -0.3 is 30.3 Å². The maximum atomic E-state index is 13.3. The van der Waals surface area contributed by atoms with Crippen LogP contribution in [0.25, 0.3) is 0 Å². The highest BCUT2D eigenvalue weighted by Crippen LogP contribution is 2.39. The number of hydrogen-bond acceptors (Lipinski definition) is 6. The Kier molecular flexibility index (Phi) is 9.98. The number of carbonyl (C=O) groups excluding carboxylic acids is 2. The molecule has 0 atom stereocenters. The third-order valence-electron chi connectivity index (χ3n) is 6.51. The fraction of sp³-hybridized carbons (Fsp3) is 0.500. The van der Waals surface area contributed by atoms with Crippen LogP contribution in [-0.4, -0.2) is 42.4 Å². The molecule has 0 aliphatic heterocycles. The van der Waals surface area contributed by atoms with E-state index in [2.05, 4.69) is 10.6 Å². The smallest absolute Gasteiger partial charge is 0.493 e. The molecule has 0 unspecified atom stereocenters. The molecular formula is C26H34N2O7S. The summed E-state index contributed by atoms with van der Waals surface area (Å²) in [6, 6.07) is 5.62. The molecule has 0 radical (unpaired) electrons. The molecule has 9 nitrogen and oxygen atoms in total. The van der Waals surface area contributed by atoms with Gasteiger partial charge in [0.1, 0.15) is 5.00 Å². The number of amides is 2. The largest absolute Gasteiger partial charge is 0.503 e. The standard InChI is InChI=1S/C25H32N2O4S.CH2O3/c1-30-19-13-12-16(14-20(19)31-2)15-26-24(29)22-18-10-6-7-11-21(18)32-25(22)27-23(28)17-8-4-3-5-9-17;2-1(3)4/h12-14,17H,3-11,15H2,1-2H3,(H,26,29)(H,27,28);(H2,2,3,4). The van der Waals surface area contributed by atoms with Gasteiger partial charge in [-0.3, -0.25) is 9.59 Å². The van der Waals surface area contributed by atoms with E-state index in [0.29, 0.717) is 23.6 Å². The van der Waals surface area contributed by atoms with Gasteiger partial charge in [0.15, 0.2) is 11.5 Å². The highest BCUT2D eigenvalue weighted by atomic mass is 32.1. The van der Waals surface area contributed by atoms with Crippen molar-refractivity contribution in [3.63, 3.8) is 0 Å². The van der Waals surface area contributed by atoms with E-state index in [1.807, 2.05) is 18.2 Å². The van der Waals surface area contributed by atoms with Crippen LogP contribution in [0.4, 0.5) is 9.80 Å². The van der Waals surface area contributed by atoms with E-state index in [0.717, 1.165) is 67.5 Å². The normalized spacial score (nSPS) is 15.1. The molecule has 2 aromatic rings. The quantitative estimate of drug-likeness (QED) is 0.390. The van der Waals surface area contributed by atoms with Crippen molar-refractivity contribution >= 4 is 34.3 Å². The molecule has 2 aliphatic rings. The highest BCUT2D eigenvalue weighted by molar-refractivity contribution is 7.17. The molecule has 4 rings (SSSR count). The number of methoxy groups -OCH3 is 2. The Bertz CT molecular complexity index is 1070. The van der Waals surface area contributed by atoms with Crippen LogP contribution < -0.4 is 20.1 Å². The number of carbonyl (C=O) groups is 3. The number of rotatable bonds is 7. The molecule has 2 aliphatic carbocycles. The summed E-state index contributed by atoms with van der Waals surface area (Å²) >= 11 is 1.59. The van der Waals surface area contributed by atoms with Crippen molar-refractivity contribution in [2.24, 2.45) is 5.92 Å². The minimum Gasteiger partial charge on any atom is -0.493 e. The van der Waals surface area contributed by atoms with E-state index in [1.165, 1.54) is 11.3 Å². The summed E-state index contributed by atoms with van der Waals surface area (Å²) in [5.41, 5.74) is 2.70. The number of benzene rings is 1. The first-order chi connectivity index (χ1) is 17.3. The third-order valence-corrected chi connectivity index (χ3v) is 7.72. The SMILES string of the molecule is COc1ccc(CNC(=O)c2c(NC(=O)C3CCCCC3)sc3c2CCCC3)cc1OC.O=C(O)O. The highest BCUT2D eigenvalue weighted by Gasteiger charge is 2.28. The number of nitrogens with one attached hydrogen (secondary N) is 2. The van der Waals surface area contributed by atoms with Crippen LogP contribution in [0.15, 0.2) is 18.2 Å². The fourth-order valence-electron chi connectivity index (χ4n) is 4.73. The Morgan fingerprint density at radius 2 is 1.64 bits per heavy atom. The molecule has 0 saturated heterocycles. The number of hydrogen-bond donors (Lipinski definition) is 4. The summed E-state index contributed by atoms with van der Waals surface area (Å²) in [6.07, 6.45) is 7.57. The van der Waals surface area contributed by atoms with Crippen molar-refractivity contribution in [3.05, 3.63) is 39.8 Å². The lowest BCUT2D eigenvalue weighted by Crippen LogP contribution is -2.28. The molecule has 196 valence electrons. The molecule has 36 heavy (non-hydrogen) atoms. The first-order valence-electron chi connectivity index (χ1n) is 12.2. The lowest BCUT2D eigenvalue weighted by molar-refractivity contribution is -0.120. The molecule has 1 heterocycles. The van der Waals surface area contributed by atoms with Crippen LogP contribution in [0, 0.1) is 5.92 Å². The molecule has 1 aromatic heterocycles. The average Bonchev–Trinajstić information content (AvgIpc) is 3.25. The van der Waals surface area contributed by atoms with Crippen molar-refractivity contribution in [2.45, 2.75) is 64.3 Å². The van der Waals surface area contributed by atoms with Gasteiger partial charge in [-0.1, -0.05) is 25.3 Å². The number of anilines is 1. The lowest BCUT2D eigenvalue weighted by atomic mass is 9.88. The van der Waals surface area contributed by atoms with Crippen LogP contribution in [0.3, 0.4) is 0 Å². The zero-order valence-electron chi connectivity index (χ0n) is 20.7. The Morgan fingerprint density at radius 1 is 0.972 bits per heavy atom. The maximum Gasteiger partial charge on any atom is 0.503 e. The first-order valence-corrected chi connectivity index (χ1v) is 13.0. The Hall–Kier alpha value is -3.27. The molecule has 4 N–H and O–H groups in total. The van der Waals surface area contributed by atoms with Gasteiger partial charge >= 0.3 is 6.16 Å². The van der Waals surface area contributed by atoms with Crippen molar-refractivity contribution in [1.82, 2.24) is 5.32 Å². The van der Waals surface area contributed by atoms with Crippen LogP contribution in [0.1, 0.15) is 71.3 Å². The van der Waals surface area contributed by atoms with Crippen molar-refractivity contribution in [1.29, 1.82) is 0 Å². The molecule has 2 amide bonds. The fourth-order valence-corrected chi connectivity index (χ4v) is 6.02. The molecule has 0 bridgehead atoms. The van der Waals surface area contributed by atoms with E-state index < -0.39 is 6.16 Å². The first kappa shape index (κ1) is 27.3. The summed E-state index contributed by atoms with van der Waals surface area (Å²) in [5, 5.41) is 20.8. The zero-order valence-corrected chi connectivity index (χ0v) is 21.5. The van der Waals surface area contributed by atoms with Gasteiger partial charge in [-0.05, 0) is 61.8 Å². The minimum absolute atomic E-state index is 0.0607. The molecule has 1 saturated carbocycles. The van der Waals surface area contributed by atoms with Crippen molar-refractivity contribution in [3.8, 4) is 11.5 Å². The van der Waals surface area contributed by atoms with Gasteiger partial charge in [0.2, 0.25) is 5.91 Å². The second kappa shape index (κ2) is 13.2. The topological polar surface area (TPSA) is 134 Å². The van der Waals surface area contributed by atoms with Gasteiger partial charge in [0.05, 0.1) is 19.8 Å². The second-order valence-corrected chi connectivity index (χ2v) is 10.00. The van der Waals surface area contributed by atoms with Gasteiger partial charge in [0.25, 0.3) is 5.91 Å². The second-order valence-electron chi connectivity index (χ2n) is 8.89. The number of aryl methyl sites for hydroxylation is 1. The van der Waals surface area contributed by atoms with Crippen LogP contribution in [0.5, 0.6) is 11.5 Å². The summed E-state index contributed by atoms with van der Waals surface area (Å²) in [5.74, 6) is 1.29. The van der Waals surface area contributed by atoms with Gasteiger partial charge in [-0.2, -0.15) is 0 Å². The molecule has 1 aromatic carbocycles. The number of thiophene rings is 1. The summed E-state index contributed by atoms with van der Waals surface area (Å²) < 4.78 is 10.7. The maximum absolute atomic E-state index is 13.3.